The Morgan fingerprint density at radius 1 is 1.27 bits per heavy atom. The zero-order valence-corrected chi connectivity index (χ0v) is 10.1. The molecule has 84 valence electrons. The minimum Gasteiger partial charge on any atom is -0.494 e. The number of benzene rings is 1. The first-order valence-corrected chi connectivity index (χ1v) is 5.48. The summed E-state index contributed by atoms with van der Waals surface area (Å²) in [5, 5.41) is 3.45. The van der Waals surface area contributed by atoms with Crippen molar-refractivity contribution in [1.29, 1.82) is 0 Å². The fraction of sp³-hybridized carbons (Fsp3) is 0.538. The normalized spacial score (nSPS) is 11.5. The average Bonchev–Trinajstić information content (AvgIpc) is 2.15. The first-order valence-electron chi connectivity index (χ1n) is 5.48. The molecule has 1 rings (SSSR count). The maximum atomic E-state index is 5.45. The monoisotopic (exact) mass is 207 g/mol. The molecule has 1 aromatic rings. The largest absolute Gasteiger partial charge is 0.494 e. The van der Waals surface area contributed by atoms with Crippen molar-refractivity contribution in [3.63, 3.8) is 0 Å². The Bertz CT molecular complexity index is 302. The standard InChI is InChI=1S/C13H21NO/c1-5-15-12-8-6-7-11(9-12)10-14-13(2,3)4/h6-9,14H,5,10H2,1-4H3. The minimum absolute atomic E-state index is 0.154. The van der Waals surface area contributed by atoms with Gasteiger partial charge in [0.15, 0.2) is 0 Å². The smallest absolute Gasteiger partial charge is 0.119 e. The van der Waals surface area contributed by atoms with Crippen LogP contribution in [-0.4, -0.2) is 12.1 Å². The molecule has 1 N–H and O–H groups in total. The van der Waals surface area contributed by atoms with Gasteiger partial charge in [-0.1, -0.05) is 12.1 Å². The number of nitrogens with one attached hydrogen (secondary N) is 1. The quantitative estimate of drug-likeness (QED) is 0.819. The number of rotatable bonds is 4. The van der Waals surface area contributed by atoms with E-state index in [1.807, 2.05) is 19.1 Å². The predicted molar refractivity (Wildman–Crippen MR) is 64.2 cm³/mol. The molecule has 0 heterocycles. The van der Waals surface area contributed by atoms with Crippen LogP contribution >= 0.6 is 0 Å². The Kier molecular flexibility index (Phi) is 4.15. The molecule has 0 radical (unpaired) electrons. The molecule has 0 aliphatic heterocycles. The predicted octanol–water partition coefficient (Wildman–Crippen LogP) is 2.97. The molecule has 0 saturated heterocycles. The summed E-state index contributed by atoms with van der Waals surface area (Å²) in [5.41, 5.74) is 1.41. The number of ether oxygens (including phenoxy) is 1. The molecule has 0 amide bonds. The second kappa shape index (κ2) is 5.17. The van der Waals surface area contributed by atoms with Gasteiger partial charge in [0.1, 0.15) is 5.75 Å². The highest BCUT2D eigenvalue weighted by Gasteiger charge is 2.08. The molecule has 0 saturated carbocycles. The van der Waals surface area contributed by atoms with Crippen molar-refractivity contribution < 1.29 is 4.74 Å². The highest BCUT2D eigenvalue weighted by molar-refractivity contribution is 5.28. The molecule has 1 aromatic carbocycles. The lowest BCUT2D eigenvalue weighted by atomic mass is 10.1. The second-order valence-electron chi connectivity index (χ2n) is 4.68. The zero-order chi connectivity index (χ0) is 11.3. The van der Waals surface area contributed by atoms with Gasteiger partial charge in [0, 0.05) is 12.1 Å². The lowest BCUT2D eigenvalue weighted by molar-refractivity contribution is 0.339. The van der Waals surface area contributed by atoms with Crippen LogP contribution in [0.3, 0.4) is 0 Å². The third-order valence-corrected chi connectivity index (χ3v) is 2.03. The SMILES string of the molecule is CCOc1cccc(CNC(C)(C)C)c1. The van der Waals surface area contributed by atoms with Crippen molar-refractivity contribution in [1.82, 2.24) is 5.32 Å². The van der Waals surface area contributed by atoms with Crippen molar-refractivity contribution in [2.75, 3.05) is 6.61 Å². The lowest BCUT2D eigenvalue weighted by Crippen LogP contribution is -2.35. The highest BCUT2D eigenvalue weighted by Crippen LogP contribution is 2.13. The fourth-order valence-electron chi connectivity index (χ4n) is 1.28. The van der Waals surface area contributed by atoms with Gasteiger partial charge in [-0.3, -0.25) is 0 Å². The molecular weight excluding hydrogens is 186 g/mol. The molecule has 0 aliphatic rings. The Balaban J connectivity index is 2.57. The minimum atomic E-state index is 0.154. The van der Waals surface area contributed by atoms with Gasteiger partial charge in [-0.15, -0.1) is 0 Å². The summed E-state index contributed by atoms with van der Waals surface area (Å²) >= 11 is 0. The first-order chi connectivity index (χ1) is 7.01. The first kappa shape index (κ1) is 12.1. The van der Waals surface area contributed by atoms with Gasteiger partial charge < -0.3 is 10.1 Å². The summed E-state index contributed by atoms with van der Waals surface area (Å²) < 4.78 is 5.45. The van der Waals surface area contributed by atoms with Gasteiger partial charge in [0.25, 0.3) is 0 Å². The zero-order valence-electron chi connectivity index (χ0n) is 10.1. The van der Waals surface area contributed by atoms with Crippen LogP contribution in [0.25, 0.3) is 0 Å². The molecule has 2 nitrogen and oxygen atoms in total. The van der Waals surface area contributed by atoms with E-state index >= 15 is 0 Å². The molecule has 0 aromatic heterocycles. The van der Waals surface area contributed by atoms with Crippen LogP contribution in [0.1, 0.15) is 33.3 Å². The Labute approximate surface area is 92.6 Å². The Morgan fingerprint density at radius 2 is 2.00 bits per heavy atom. The van der Waals surface area contributed by atoms with Gasteiger partial charge in [-0.05, 0) is 45.4 Å². The number of hydrogen-bond donors (Lipinski definition) is 1. The molecule has 0 spiro atoms. The summed E-state index contributed by atoms with van der Waals surface area (Å²) in [6, 6.07) is 8.22. The maximum Gasteiger partial charge on any atom is 0.119 e. The van der Waals surface area contributed by atoms with Crippen molar-refractivity contribution in [3.05, 3.63) is 29.8 Å². The van der Waals surface area contributed by atoms with E-state index in [0.717, 1.165) is 18.9 Å². The van der Waals surface area contributed by atoms with Crippen LogP contribution in [0.5, 0.6) is 5.75 Å². The van der Waals surface area contributed by atoms with Gasteiger partial charge in [-0.25, -0.2) is 0 Å². The molecule has 0 bridgehead atoms. The van der Waals surface area contributed by atoms with Crippen molar-refractivity contribution >= 4 is 0 Å². The number of hydrogen-bond acceptors (Lipinski definition) is 2. The van der Waals surface area contributed by atoms with Gasteiger partial charge in [-0.2, -0.15) is 0 Å². The fourth-order valence-corrected chi connectivity index (χ4v) is 1.28. The van der Waals surface area contributed by atoms with Gasteiger partial charge in [0.05, 0.1) is 6.61 Å². The van der Waals surface area contributed by atoms with E-state index in [9.17, 15) is 0 Å². The third kappa shape index (κ3) is 4.84. The molecular formula is C13H21NO. The molecule has 2 heteroatoms. The topological polar surface area (TPSA) is 21.3 Å². The van der Waals surface area contributed by atoms with Gasteiger partial charge in [0.2, 0.25) is 0 Å². The third-order valence-electron chi connectivity index (χ3n) is 2.03. The van der Waals surface area contributed by atoms with Crippen molar-refractivity contribution in [2.45, 2.75) is 39.8 Å². The van der Waals surface area contributed by atoms with E-state index in [-0.39, 0.29) is 5.54 Å². The van der Waals surface area contributed by atoms with E-state index in [4.69, 9.17) is 4.74 Å². The molecule has 0 aliphatic carbocycles. The summed E-state index contributed by atoms with van der Waals surface area (Å²) in [6.07, 6.45) is 0. The van der Waals surface area contributed by atoms with Crippen LogP contribution in [0.2, 0.25) is 0 Å². The summed E-state index contributed by atoms with van der Waals surface area (Å²) in [6.45, 7) is 10.1. The van der Waals surface area contributed by atoms with Gasteiger partial charge >= 0.3 is 0 Å². The van der Waals surface area contributed by atoms with E-state index in [0.29, 0.717) is 0 Å². The molecule has 15 heavy (non-hydrogen) atoms. The van der Waals surface area contributed by atoms with Crippen molar-refractivity contribution in [2.24, 2.45) is 0 Å². The van der Waals surface area contributed by atoms with Crippen LogP contribution in [0.15, 0.2) is 24.3 Å². The average molecular weight is 207 g/mol. The summed E-state index contributed by atoms with van der Waals surface area (Å²) in [4.78, 5) is 0. The summed E-state index contributed by atoms with van der Waals surface area (Å²) in [5.74, 6) is 0.950. The van der Waals surface area contributed by atoms with Crippen LogP contribution in [0.4, 0.5) is 0 Å². The van der Waals surface area contributed by atoms with Crippen molar-refractivity contribution in [3.8, 4) is 5.75 Å². The maximum absolute atomic E-state index is 5.45. The van der Waals surface area contributed by atoms with Crippen LogP contribution < -0.4 is 10.1 Å². The Hall–Kier alpha value is -1.02. The molecule has 0 atom stereocenters. The summed E-state index contributed by atoms with van der Waals surface area (Å²) in [7, 11) is 0. The Morgan fingerprint density at radius 3 is 2.60 bits per heavy atom. The van der Waals surface area contributed by atoms with Crippen LogP contribution in [-0.2, 0) is 6.54 Å². The van der Waals surface area contributed by atoms with Crippen LogP contribution in [0, 0.1) is 0 Å². The molecule has 0 unspecified atom stereocenters. The highest BCUT2D eigenvalue weighted by atomic mass is 16.5. The van der Waals surface area contributed by atoms with E-state index in [1.165, 1.54) is 5.56 Å². The second-order valence-corrected chi connectivity index (χ2v) is 4.68. The lowest BCUT2D eigenvalue weighted by Gasteiger charge is -2.20. The van der Waals surface area contributed by atoms with E-state index < -0.39 is 0 Å². The molecule has 0 fully saturated rings. The van der Waals surface area contributed by atoms with E-state index in [1.54, 1.807) is 0 Å². The van der Waals surface area contributed by atoms with E-state index in [2.05, 4.69) is 38.2 Å².